The molecule has 6 heteroatoms. The van der Waals surface area contributed by atoms with Crippen LogP contribution in [0.5, 0.6) is 11.5 Å². The number of fused-ring (bicyclic) bond motifs is 1. The number of para-hydroxylation sites is 1. The molecule has 1 heterocycles. The SMILES string of the molecule is COc1ccc(CNC(=O)C2CC2C(=O)N2CCCc3ccccc32)cc1OC. The zero-order chi connectivity index (χ0) is 20.4. The second-order valence-corrected chi connectivity index (χ2v) is 7.58. The standard InChI is InChI=1S/C23H26N2O4/c1-28-20-10-9-15(12-21(20)29-2)14-24-22(26)17-13-18(17)23(27)25-11-5-7-16-6-3-4-8-19(16)25/h3-4,6,8-10,12,17-18H,5,7,11,13-14H2,1-2H3,(H,24,26). The Kier molecular flexibility index (Phi) is 5.43. The Labute approximate surface area is 170 Å². The van der Waals surface area contributed by atoms with Crippen molar-refractivity contribution < 1.29 is 19.1 Å². The lowest BCUT2D eigenvalue weighted by molar-refractivity contribution is -0.126. The van der Waals surface area contributed by atoms with Gasteiger partial charge in [-0.3, -0.25) is 9.59 Å². The maximum atomic E-state index is 13.0. The van der Waals surface area contributed by atoms with Crippen LogP contribution in [0.1, 0.15) is 24.0 Å². The predicted molar refractivity (Wildman–Crippen MR) is 110 cm³/mol. The molecule has 152 valence electrons. The average molecular weight is 394 g/mol. The number of benzene rings is 2. The minimum absolute atomic E-state index is 0.0663. The van der Waals surface area contributed by atoms with E-state index in [9.17, 15) is 9.59 Å². The Balaban J connectivity index is 1.35. The summed E-state index contributed by atoms with van der Waals surface area (Å²) in [5.41, 5.74) is 3.13. The topological polar surface area (TPSA) is 67.9 Å². The van der Waals surface area contributed by atoms with Crippen molar-refractivity contribution in [1.82, 2.24) is 5.32 Å². The molecule has 1 aliphatic heterocycles. The number of hydrogen-bond donors (Lipinski definition) is 1. The highest BCUT2D eigenvalue weighted by molar-refractivity contribution is 6.01. The highest BCUT2D eigenvalue weighted by Crippen LogP contribution is 2.42. The van der Waals surface area contributed by atoms with Crippen LogP contribution in [0.4, 0.5) is 5.69 Å². The third kappa shape index (κ3) is 3.92. The number of methoxy groups -OCH3 is 2. The lowest BCUT2D eigenvalue weighted by Crippen LogP contribution is -2.37. The molecule has 1 aliphatic carbocycles. The van der Waals surface area contributed by atoms with Crippen LogP contribution >= 0.6 is 0 Å². The Hall–Kier alpha value is -3.02. The summed E-state index contributed by atoms with van der Waals surface area (Å²) in [5.74, 6) is 0.829. The fourth-order valence-electron chi connectivity index (χ4n) is 4.03. The van der Waals surface area contributed by atoms with Crippen LogP contribution in [0.3, 0.4) is 0 Å². The van der Waals surface area contributed by atoms with Crippen molar-refractivity contribution in [2.75, 3.05) is 25.7 Å². The number of carbonyl (C=O) groups is 2. The summed E-state index contributed by atoms with van der Waals surface area (Å²) in [4.78, 5) is 27.4. The normalized spacial score (nSPS) is 19.9. The van der Waals surface area contributed by atoms with Crippen molar-refractivity contribution in [3.05, 3.63) is 53.6 Å². The molecule has 1 N–H and O–H groups in total. The van der Waals surface area contributed by atoms with E-state index in [-0.39, 0.29) is 23.7 Å². The lowest BCUT2D eigenvalue weighted by atomic mass is 10.0. The minimum Gasteiger partial charge on any atom is -0.493 e. The van der Waals surface area contributed by atoms with Crippen LogP contribution in [0.25, 0.3) is 0 Å². The van der Waals surface area contributed by atoms with E-state index in [4.69, 9.17) is 9.47 Å². The molecular formula is C23H26N2O4. The Bertz CT molecular complexity index is 927. The highest BCUT2D eigenvalue weighted by Gasteiger charge is 2.50. The van der Waals surface area contributed by atoms with Crippen LogP contribution in [-0.4, -0.2) is 32.6 Å². The zero-order valence-corrected chi connectivity index (χ0v) is 16.8. The first-order chi connectivity index (χ1) is 14.1. The smallest absolute Gasteiger partial charge is 0.230 e. The number of ether oxygens (including phenoxy) is 2. The van der Waals surface area contributed by atoms with Gasteiger partial charge in [0, 0.05) is 18.8 Å². The summed E-state index contributed by atoms with van der Waals surface area (Å²) >= 11 is 0. The summed E-state index contributed by atoms with van der Waals surface area (Å²) in [5, 5.41) is 2.95. The summed E-state index contributed by atoms with van der Waals surface area (Å²) < 4.78 is 10.5. The number of amides is 2. The summed E-state index contributed by atoms with van der Waals surface area (Å²) in [6.45, 7) is 1.12. The molecule has 2 aromatic carbocycles. The molecule has 0 spiro atoms. The van der Waals surface area contributed by atoms with E-state index in [1.165, 1.54) is 5.56 Å². The molecule has 2 unspecified atom stereocenters. The molecule has 0 saturated heterocycles. The monoisotopic (exact) mass is 394 g/mol. The van der Waals surface area contributed by atoms with E-state index in [1.807, 2.05) is 41.3 Å². The molecule has 4 rings (SSSR count). The quantitative estimate of drug-likeness (QED) is 0.818. The first-order valence-electron chi connectivity index (χ1n) is 10.00. The minimum atomic E-state index is -0.239. The van der Waals surface area contributed by atoms with Crippen LogP contribution in [0.15, 0.2) is 42.5 Å². The third-order valence-corrected chi connectivity index (χ3v) is 5.74. The summed E-state index contributed by atoms with van der Waals surface area (Å²) in [7, 11) is 3.17. The maximum absolute atomic E-state index is 13.0. The number of anilines is 1. The number of hydrogen-bond acceptors (Lipinski definition) is 4. The van der Waals surface area contributed by atoms with Crippen LogP contribution in [0, 0.1) is 11.8 Å². The number of rotatable bonds is 6. The molecule has 2 aromatic rings. The van der Waals surface area contributed by atoms with Gasteiger partial charge in [-0.1, -0.05) is 24.3 Å². The number of carbonyl (C=O) groups excluding carboxylic acids is 2. The number of aryl methyl sites for hydroxylation is 1. The van der Waals surface area contributed by atoms with Gasteiger partial charge in [0.15, 0.2) is 11.5 Å². The van der Waals surface area contributed by atoms with Gasteiger partial charge in [0.05, 0.1) is 26.1 Å². The van der Waals surface area contributed by atoms with E-state index in [1.54, 1.807) is 14.2 Å². The molecule has 6 nitrogen and oxygen atoms in total. The predicted octanol–water partition coefficient (Wildman–Crippen LogP) is 2.94. The van der Waals surface area contributed by atoms with Gasteiger partial charge in [0.1, 0.15) is 0 Å². The zero-order valence-electron chi connectivity index (χ0n) is 16.8. The lowest BCUT2D eigenvalue weighted by Gasteiger charge is -2.29. The van der Waals surface area contributed by atoms with E-state index in [2.05, 4.69) is 11.4 Å². The molecule has 29 heavy (non-hydrogen) atoms. The molecular weight excluding hydrogens is 368 g/mol. The molecule has 2 atom stereocenters. The van der Waals surface area contributed by atoms with Gasteiger partial charge in [-0.2, -0.15) is 0 Å². The summed E-state index contributed by atoms with van der Waals surface area (Å²) in [6.07, 6.45) is 2.58. The fraction of sp³-hybridized carbons (Fsp3) is 0.391. The van der Waals surface area contributed by atoms with Gasteiger partial charge in [0.25, 0.3) is 0 Å². The molecule has 1 saturated carbocycles. The Morgan fingerprint density at radius 3 is 2.66 bits per heavy atom. The van der Waals surface area contributed by atoms with Gasteiger partial charge in [-0.05, 0) is 48.6 Å². The molecule has 2 aliphatic rings. The molecule has 0 bridgehead atoms. The van der Waals surface area contributed by atoms with Crippen molar-refractivity contribution in [2.24, 2.45) is 11.8 Å². The highest BCUT2D eigenvalue weighted by atomic mass is 16.5. The summed E-state index contributed by atoms with van der Waals surface area (Å²) in [6, 6.07) is 13.6. The first-order valence-corrected chi connectivity index (χ1v) is 10.00. The molecule has 0 aromatic heterocycles. The number of nitrogens with zero attached hydrogens (tertiary/aromatic N) is 1. The molecule has 1 fully saturated rings. The average Bonchev–Trinajstić information content (AvgIpc) is 3.57. The van der Waals surface area contributed by atoms with Crippen molar-refractivity contribution in [1.29, 1.82) is 0 Å². The third-order valence-electron chi connectivity index (χ3n) is 5.74. The Morgan fingerprint density at radius 2 is 1.86 bits per heavy atom. The second kappa shape index (κ2) is 8.15. The van der Waals surface area contributed by atoms with E-state index < -0.39 is 0 Å². The number of nitrogens with one attached hydrogen (secondary N) is 1. The molecule has 0 radical (unpaired) electrons. The van der Waals surface area contributed by atoms with Crippen molar-refractivity contribution in [3.8, 4) is 11.5 Å². The van der Waals surface area contributed by atoms with Gasteiger partial charge in [-0.15, -0.1) is 0 Å². The van der Waals surface area contributed by atoms with Gasteiger partial charge < -0.3 is 19.7 Å². The van der Waals surface area contributed by atoms with E-state index >= 15 is 0 Å². The van der Waals surface area contributed by atoms with Crippen LogP contribution < -0.4 is 19.7 Å². The van der Waals surface area contributed by atoms with Crippen LogP contribution in [-0.2, 0) is 22.6 Å². The largest absolute Gasteiger partial charge is 0.493 e. The van der Waals surface area contributed by atoms with Crippen molar-refractivity contribution in [2.45, 2.75) is 25.8 Å². The van der Waals surface area contributed by atoms with Gasteiger partial charge >= 0.3 is 0 Å². The van der Waals surface area contributed by atoms with Crippen molar-refractivity contribution >= 4 is 17.5 Å². The van der Waals surface area contributed by atoms with Gasteiger partial charge in [-0.25, -0.2) is 0 Å². The first kappa shape index (κ1) is 19.3. The second-order valence-electron chi connectivity index (χ2n) is 7.58. The fourth-order valence-corrected chi connectivity index (χ4v) is 4.03. The van der Waals surface area contributed by atoms with E-state index in [0.29, 0.717) is 24.5 Å². The van der Waals surface area contributed by atoms with Gasteiger partial charge in [0.2, 0.25) is 11.8 Å². The Morgan fingerprint density at radius 1 is 1.07 bits per heavy atom. The van der Waals surface area contributed by atoms with Crippen LogP contribution in [0.2, 0.25) is 0 Å². The maximum Gasteiger partial charge on any atom is 0.230 e. The van der Waals surface area contributed by atoms with E-state index in [0.717, 1.165) is 30.6 Å². The van der Waals surface area contributed by atoms with Crippen molar-refractivity contribution in [3.63, 3.8) is 0 Å². The molecule has 2 amide bonds.